The first-order valence-corrected chi connectivity index (χ1v) is 18.4. The number of fused-ring (bicyclic) bond motifs is 4. The molecule has 0 amide bonds. The van der Waals surface area contributed by atoms with Crippen LogP contribution in [0.5, 0.6) is 0 Å². The molecule has 0 saturated carbocycles. The van der Waals surface area contributed by atoms with E-state index in [4.69, 9.17) is 9.97 Å². The van der Waals surface area contributed by atoms with Gasteiger partial charge in [-0.25, -0.2) is 4.98 Å². The van der Waals surface area contributed by atoms with Crippen molar-refractivity contribution >= 4 is 32.8 Å². The summed E-state index contributed by atoms with van der Waals surface area (Å²) in [6, 6.07) is 60.7. The Labute approximate surface area is 314 Å². The van der Waals surface area contributed by atoms with E-state index in [1.54, 1.807) is 0 Å². The van der Waals surface area contributed by atoms with Crippen molar-refractivity contribution in [1.29, 1.82) is 0 Å². The Balaban J connectivity index is 1.11. The van der Waals surface area contributed by atoms with Gasteiger partial charge in [0.2, 0.25) is 0 Å². The first kappa shape index (κ1) is 31.7. The summed E-state index contributed by atoms with van der Waals surface area (Å²) in [6.07, 6.45) is 3.94. The van der Waals surface area contributed by atoms with Crippen molar-refractivity contribution in [2.45, 2.75) is 13.8 Å². The first-order chi connectivity index (χ1) is 26.6. The van der Waals surface area contributed by atoms with Crippen molar-refractivity contribution in [3.05, 3.63) is 193 Å². The van der Waals surface area contributed by atoms with Crippen molar-refractivity contribution in [3.63, 3.8) is 0 Å². The third kappa shape index (κ3) is 5.31. The number of rotatable bonds is 6. The molecule has 0 fully saturated rings. The minimum absolute atomic E-state index is 0.904. The lowest BCUT2D eigenvalue weighted by Crippen LogP contribution is -1.98. The smallest absolute Gasteiger partial charge is 0.145 e. The van der Waals surface area contributed by atoms with Gasteiger partial charge in [-0.05, 0) is 120 Å². The van der Waals surface area contributed by atoms with Crippen LogP contribution >= 0.6 is 0 Å². The Morgan fingerprint density at radius 2 is 0.926 bits per heavy atom. The van der Waals surface area contributed by atoms with Crippen molar-refractivity contribution in [1.82, 2.24) is 19.1 Å². The molecule has 10 rings (SSSR count). The van der Waals surface area contributed by atoms with Gasteiger partial charge in [-0.3, -0.25) is 9.55 Å². The molecule has 4 heteroatoms. The zero-order valence-corrected chi connectivity index (χ0v) is 30.1. The predicted molar refractivity (Wildman–Crippen MR) is 224 cm³/mol. The number of aromatic nitrogens is 4. The molecule has 0 aliphatic rings. The molecule has 54 heavy (non-hydrogen) atoms. The molecule has 10 aromatic rings. The Morgan fingerprint density at radius 1 is 0.389 bits per heavy atom. The van der Waals surface area contributed by atoms with Gasteiger partial charge in [0, 0.05) is 51.2 Å². The van der Waals surface area contributed by atoms with E-state index in [1.807, 2.05) is 12.4 Å². The third-order valence-corrected chi connectivity index (χ3v) is 10.6. The van der Waals surface area contributed by atoms with E-state index < -0.39 is 0 Å². The largest absolute Gasteiger partial charge is 0.309 e. The van der Waals surface area contributed by atoms with Crippen LogP contribution in [0.2, 0.25) is 0 Å². The SMILES string of the molecule is Cc1cccc(C)c1-c1cc(-c2cncc(-c3ccc(-n4c5ccccc5c5ccccc54)cc3)c2)cc(-c2nc3ccccc3n2-c2ccccc2)c1. The van der Waals surface area contributed by atoms with Crippen LogP contribution in [0.4, 0.5) is 0 Å². The monoisotopic (exact) mass is 692 g/mol. The van der Waals surface area contributed by atoms with Crippen molar-refractivity contribution in [3.8, 4) is 56.1 Å². The molecule has 0 aliphatic carbocycles. The third-order valence-electron chi connectivity index (χ3n) is 10.6. The number of para-hydroxylation sites is 5. The number of hydrogen-bond acceptors (Lipinski definition) is 2. The fourth-order valence-corrected chi connectivity index (χ4v) is 8.15. The normalized spacial score (nSPS) is 11.5. The number of benzene rings is 7. The molecule has 7 aromatic carbocycles. The minimum atomic E-state index is 0.904. The molecule has 0 bridgehead atoms. The van der Waals surface area contributed by atoms with Gasteiger partial charge in [-0.1, -0.05) is 97.1 Å². The van der Waals surface area contributed by atoms with Gasteiger partial charge in [0.05, 0.1) is 22.1 Å². The second kappa shape index (κ2) is 12.9. The molecule has 3 aromatic heterocycles. The zero-order chi connectivity index (χ0) is 36.2. The van der Waals surface area contributed by atoms with Crippen LogP contribution in [0.1, 0.15) is 11.1 Å². The molecule has 4 nitrogen and oxygen atoms in total. The van der Waals surface area contributed by atoms with E-state index in [0.29, 0.717) is 0 Å². The Kier molecular flexibility index (Phi) is 7.55. The predicted octanol–water partition coefficient (Wildman–Crippen LogP) is 12.8. The molecule has 0 radical (unpaired) electrons. The van der Waals surface area contributed by atoms with E-state index >= 15 is 0 Å². The van der Waals surface area contributed by atoms with Crippen LogP contribution < -0.4 is 0 Å². The van der Waals surface area contributed by atoms with Crippen molar-refractivity contribution in [2.75, 3.05) is 0 Å². The van der Waals surface area contributed by atoms with Crippen molar-refractivity contribution in [2.24, 2.45) is 0 Å². The van der Waals surface area contributed by atoms with E-state index in [9.17, 15) is 0 Å². The highest BCUT2D eigenvalue weighted by molar-refractivity contribution is 6.09. The summed E-state index contributed by atoms with van der Waals surface area (Å²) in [6.45, 7) is 4.39. The van der Waals surface area contributed by atoms with Crippen LogP contribution in [-0.4, -0.2) is 19.1 Å². The van der Waals surface area contributed by atoms with Crippen LogP contribution in [0.25, 0.3) is 89.0 Å². The van der Waals surface area contributed by atoms with E-state index in [2.05, 4.69) is 193 Å². The van der Waals surface area contributed by atoms with Gasteiger partial charge in [-0.15, -0.1) is 0 Å². The molecular weight excluding hydrogens is 657 g/mol. The van der Waals surface area contributed by atoms with Gasteiger partial charge in [0.15, 0.2) is 0 Å². The quantitative estimate of drug-likeness (QED) is 0.174. The van der Waals surface area contributed by atoms with Gasteiger partial charge in [0.25, 0.3) is 0 Å². The van der Waals surface area contributed by atoms with E-state index in [1.165, 1.54) is 38.5 Å². The number of hydrogen-bond donors (Lipinski definition) is 0. The summed E-state index contributed by atoms with van der Waals surface area (Å²) >= 11 is 0. The average Bonchev–Trinajstić information content (AvgIpc) is 3.78. The molecule has 0 N–H and O–H groups in total. The summed E-state index contributed by atoms with van der Waals surface area (Å²) in [4.78, 5) is 10.1. The Morgan fingerprint density at radius 3 is 1.63 bits per heavy atom. The molecular formula is C50H36N4. The highest BCUT2D eigenvalue weighted by Crippen LogP contribution is 2.38. The summed E-state index contributed by atoms with van der Waals surface area (Å²) in [5.74, 6) is 0.904. The van der Waals surface area contributed by atoms with Gasteiger partial charge >= 0.3 is 0 Å². The average molecular weight is 693 g/mol. The van der Waals surface area contributed by atoms with E-state index in [0.717, 1.165) is 61.6 Å². The summed E-state index contributed by atoms with van der Waals surface area (Å²) in [7, 11) is 0. The standard InChI is InChI=1S/C50H36N4/c1-33-13-12-14-34(2)49(33)37-27-36(28-38(29-37)50-52-45-19-8-11-22-48(45)54(50)41-15-4-3-5-16-41)40-30-39(31-51-32-40)35-23-25-42(26-24-35)53-46-20-9-6-17-43(46)44-18-7-10-21-47(44)53/h3-32H,1-2H3. The van der Waals surface area contributed by atoms with E-state index in [-0.39, 0.29) is 0 Å². The Hall–Kier alpha value is -7.04. The molecule has 0 saturated heterocycles. The van der Waals surface area contributed by atoms with Gasteiger partial charge < -0.3 is 4.57 Å². The number of aryl methyl sites for hydroxylation is 2. The fraction of sp³-hybridized carbons (Fsp3) is 0.0400. The number of pyridine rings is 1. The molecule has 0 spiro atoms. The zero-order valence-electron chi connectivity index (χ0n) is 30.1. The highest BCUT2D eigenvalue weighted by Gasteiger charge is 2.18. The summed E-state index contributed by atoms with van der Waals surface area (Å²) < 4.78 is 4.63. The van der Waals surface area contributed by atoms with Gasteiger partial charge in [0.1, 0.15) is 5.82 Å². The molecule has 0 unspecified atom stereocenters. The summed E-state index contributed by atoms with van der Waals surface area (Å²) in [5, 5.41) is 2.52. The summed E-state index contributed by atoms with van der Waals surface area (Å²) in [5.41, 5.74) is 16.9. The second-order valence-electron chi connectivity index (χ2n) is 14.0. The second-order valence-corrected chi connectivity index (χ2v) is 14.0. The van der Waals surface area contributed by atoms with Crippen LogP contribution in [0.3, 0.4) is 0 Å². The van der Waals surface area contributed by atoms with Crippen LogP contribution in [0, 0.1) is 13.8 Å². The fourth-order valence-electron chi connectivity index (χ4n) is 8.15. The van der Waals surface area contributed by atoms with Crippen LogP contribution in [0.15, 0.2) is 182 Å². The molecule has 3 heterocycles. The topological polar surface area (TPSA) is 35.6 Å². The molecule has 0 aliphatic heterocycles. The molecule has 256 valence electrons. The lowest BCUT2D eigenvalue weighted by molar-refractivity contribution is 1.10. The lowest BCUT2D eigenvalue weighted by atomic mass is 9.91. The van der Waals surface area contributed by atoms with Gasteiger partial charge in [-0.2, -0.15) is 0 Å². The minimum Gasteiger partial charge on any atom is -0.309 e. The van der Waals surface area contributed by atoms with Crippen molar-refractivity contribution < 1.29 is 0 Å². The highest BCUT2D eigenvalue weighted by atomic mass is 15.1. The lowest BCUT2D eigenvalue weighted by Gasteiger charge is -2.16. The maximum Gasteiger partial charge on any atom is 0.145 e. The number of imidazole rings is 1. The Bertz CT molecular complexity index is 2930. The maximum absolute atomic E-state index is 5.25. The number of nitrogens with zero attached hydrogens (tertiary/aromatic N) is 4. The first-order valence-electron chi connectivity index (χ1n) is 18.4. The van der Waals surface area contributed by atoms with Crippen LogP contribution in [-0.2, 0) is 0 Å². The molecule has 0 atom stereocenters. The maximum atomic E-state index is 5.25.